The van der Waals surface area contributed by atoms with Crippen molar-refractivity contribution in [3.05, 3.63) is 63.9 Å². The lowest BCUT2D eigenvalue weighted by molar-refractivity contribution is 0.145. The van der Waals surface area contributed by atoms with Gasteiger partial charge in [0.2, 0.25) is 10.0 Å². The molecule has 2 aromatic rings. The maximum Gasteiger partial charge on any atom is 0.211 e. The van der Waals surface area contributed by atoms with Gasteiger partial charge in [-0.1, -0.05) is 23.7 Å². The molecule has 1 heterocycles. The topological polar surface area (TPSA) is 58.6 Å². The van der Waals surface area contributed by atoms with Gasteiger partial charge < -0.3 is 9.64 Å². The van der Waals surface area contributed by atoms with Gasteiger partial charge in [0.25, 0.3) is 0 Å². The average molecular weight is 507 g/mol. The smallest absolute Gasteiger partial charge is 0.211 e. The molecule has 0 spiro atoms. The van der Waals surface area contributed by atoms with E-state index in [1.54, 1.807) is 6.07 Å². The molecule has 2 aliphatic carbocycles. The Hall–Kier alpha value is -1.67. The monoisotopic (exact) mass is 506 g/mol. The van der Waals surface area contributed by atoms with Crippen LogP contribution in [-0.4, -0.2) is 51.9 Å². The van der Waals surface area contributed by atoms with Crippen molar-refractivity contribution >= 4 is 21.6 Å². The third-order valence-corrected chi connectivity index (χ3v) is 9.05. The third-order valence-electron chi connectivity index (χ3n) is 7.26. The van der Waals surface area contributed by atoms with E-state index < -0.39 is 10.0 Å². The van der Waals surface area contributed by atoms with Gasteiger partial charge in [0, 0.05) is 18.1 Å². The summed E-state index contributed by atoms with van der Waals surface area (Å²) in [6.07, 6.45) is 4.91. The lowest BCUT2D eigenvalue weighted by Crippen LogP contribution is -2.41. The summed E-state index contributed by atoms with van der Waals surface area (Å²) in [6.45, 7) is 3.51. The molecule has 5 nitrogen and oxygen atoms in total. The summed E-state index contributed by atoms with van der Waals surface area (Å²) in [5, 5.41) is 0.724. The molecule has 2 fully saturated rings. The van der Waals surface area contributed by atoms with Gasteiger partial charge in [-0.2, -0.15) is 0 Å². The number of nitrogens with zero attached hydrogens (tertiary/aromatic N) is 1. The van der Waals surface area contributed by atoms with E-state index in [1.165, 1.54) is 12.0 Å². The van der Waals surface area contributed by atoms with Crippen LogP contribution in [0.3, 0.4) is 0 Å². The van der Waals surface area contributed by atoms with Gasteiger partial charge in [0.05, 0.1) is 5.75 Å². The number of hydrogen-bond donors (Lipinski definition) is 1. The van der Waals surface area contributed by atoms with Gasteiger partial charge in [0.1, 0.15) is 6.61 Å². The zero-order chi connectivity index (χ0) is 23.7. The fourth-order valence-electron chi connectivity index (χ4n) is 5.22. The predicted octanol–water partition coefficient (Wildman–Crippen LogP) is 4.39. The number of hydrogen-bond acceptors (Lipinski definition) is 4. The molecular weight excluding hydrogens is 475 g/mol. The van der Waals surface area contributed by atoms with Gasteiger partial charge in [-0.3, -0.25) is 0 Å². The Bertz CT molecular complexity index is 1130. The zero-order valence-electron chi connectivity index (χ0n) is 19.3. The molecule has 2 atom stereocenters. The van der Waals surface area contributed by atoms with Crippen molar-refractivity contribution in [2.24, 2.45) is 11.8 Å². The van der Waals surface area contributed by atoms with E-state index in [0.29, 0.717) is 5.92 Å². The molecular formula is C26H32ClFN2O3S. The fourth-order valence-corrected chi connectivity index (χ4v) is 6.89. The molecule has 2 aromatic carbocycles. The maximum absolute atomic E-state index is 14.9. The van der Waals surface area contributed by atoms with Crippen LogP contribution in [-0.2, 0) is 22.9 Å². The summed E-state index contributed by atoms with van der Waals surface area (Å²) in [7, 11) is -3.29. The van der Waals surface area contributed by atoms with Gasteiger partial charge in [-0.25, -0.2) is 17.5 Å². The van der Waals surface area contributed by atoms with Crippen molar-refractivity contribution in [1.82, 2.24) is 9.62 Å². The number of sulfonamides is 1. The summed E-state index contributed by atoms with van der Waals surface area (Å²) in [5.41, 5.74) is 3.36. The van der Waals surface area contributed by atoms with Crippen LogP contribution in [0.5, 0.6) is 5.75 Å². The molecule has 0 radical (unpaired) electrons. The van der Waals surface area contributed by atoms with E-state index in [9.17, 15) is 12.8 Å². The van der Waals surface area contributed by atoms with Crippen molar-refractivity contribution in [2.75, 3.05) is 38.5 Å². The van der Waals surface area contributed by atoms with Crippen LogP contribution in [0.4, 0.5) is 4.39 Å². The molecule has 0 aromatic heterocycles. The Morgan fingerprint density at radius 3 is 2.71 bits per heavy atom. The molecule has 8 heteroatoms. The van der Waals surface area contributed by atoms with Crippen molar-refractivity contribution in [3.8, 4) is 5.75 Å². The van der Waals surface area contributed by atoms with Crippen molar-refractivity contribution in [1.29, 1.82) is 0 Å². The second-order valence-corrected chi connectivity index (χ2v) is 12.3. The number of fused-ring (bicyclic) bond motifs is 1. The van der Waals surface area contributed by atoms with Crippen LogP contribution >= 0.6 is 11.6 Å². The van der Waals surface area contributed by atoms with Gasteiger partial charge >= 0.3 is 0 Å². The number of ether oxygens (including phenoxy) is 1. The van der Waals surface area contributed by atoms with Crippen LogP contribution in [0.2, 0.25) is 5.02 Å². The standard InChI is InChI=1S/C26H32ClFN2O3S/c27-22-4-1-3-19(11-22)12-23-21(16-30-8-2-9-30)13-20-14-25(28)26(15-24(20)23)33-10-7-29-34(31,32)17-18-5-6-18/h1,3-4,11,14-15,18,21,23,29H,2,5-10,12-13,16-17H2. The molecule has 3 aliphatic rings. The summed E-state index contributed by atoms with van der Waals surface area (Å²) < 4.78 is 47.3. The normalized spacial score (nSPS) is 22.4. The van der Waals surface area contributed by atoms with E-state index in [2.05, 4.69) is 15.7 Å². The summed E-state index contributed by atoms with van der Waals surface area (Å²) in [4.78, 5) is 2.48. The first kappa shape index (κ1) is 24.0. The zero-order valence-corrected chi connectivity index (χ0v) is 20.9. The number of rotatable bonds is 11. The molecule has 1 N–H and O–H groups in total. The Balaban J connectivity index is 1.28. The molecule has 5 rings (SSSR count). The van der Waals surface area contributed by atoms with E-state index in [-0.39, 0.29) is 42.3 Å². The van der Waals surface area contributed by atoms with E-state index in [4.69, 9.17) is 16.3 Å². The van der Waals surface area contributed by atoms with Crippen molar-refractivity contribution in [2.45, 2.75) is 38.0 Å². The minimum atomic E-state index is -3.29. The minimum absolute atomic E-state index is 0.0930. The predicted molar refractivity (Wildman–Crippen MR) is 133 cm³/mol. The molecule has 1 saturated heterocycles. The van der Waals surface area contributed by atoms with Crippen molar-refractivity contribution in [3.63, 3.8) is 0 Å². The van der Waals surface area contributed by atoms with Crippen LogP contribution < -0.4 is 9.46 Å². The molecule has 1 aliphatic heterocycles. The first-order valence-corrected chi connectivity index (χ1v) is 14.3. The Kier molecular flexibility index (Phi) is 7.17. The second-order valence-electron chi connectivity index (χ2n) is 10.0. The third kappa shape index (κ3) is 5.93. The largest absolute Gasteiger partial charge is 0.489 e. The van der Waals surface area contributed by atoms with Crippen molar-refractivity contribution < 1.29 is 17.5 Å². The molecule has 1 saturated carbocycles. The first-order chi connectivity index (χ1) is 16.4. The fraction of sp³-hybridized carbons (Fsp3) is 0.538. The van der Waals surface area contributed by atoms with E-state index >= 15 is 0 Å². The maximum atomic E-state index is 14.9. The Morgan fingerprint density at radius 1 is 1.18 bits per heavy atom. The molecule has 2 unspecified atom stereocenters. The highest BCUT2D eigenvalue weighted by molar-refractivity contribution is 7.89. The molecule has 34 heavy (non-hydrogen) atoms. The first-order valence-electron chi connectivity index (χ1n) is 12.3. The van der Waals surface area contributed by atoms with Crippen LogP contribution in [0.25, 0.3) is 0 Å². The van der Waals surface area contributed by atoms with Crippen LogP contribution in [0.1, 0.15) is 41.9 Å². The quantitative estimate of drug-likeness (QED) is 0.459. The number of halogens is 2. The number of nitrogens with one attached hydrogen (secondary N) is 1. The highest BCUT2D eigenvalue weighted by Gasteiger charge is 2.36. The highest BCUT2D eigenvalue weighted by Crippen LogP contribution is 2.43. The SMILES string of the molecule is O=S(=O)(CC1CC1)NCCOc1cc2c(cc1F)CC(CN1CCC1)C2Cc1cccc(Cl)c1. The van der Waals surface area contributed by atoms with Gasteiger partial charge in [-0.05, 0) is 104 Å². The lowest BCUT2D eigenvalue weighted by atomic mass is 9.86. The number of benzene rings is 2. The lowest BCUT2D eigenvalue weighted by Gasteiger charge is -2.35. The van der Waals surface area contributed by atoms with E-state index in [0.717, 1.165) is 61.5 Å². The second kappa shape index (κ2) is 10.1. The van der Waals surface area contributed by atoms with Crippen LogP contribution in [0.15, 0.2) is 36.4 Å². The Morgan fingerprint density at radius 2 is 2.00 bits per heavy atom. The summed E-state index contributed by atoms with van der Waals surface area (Å²) in [6, 6.07) is 11.4. The molecule has 184 valence electrons. The van der Waals surface area contributed by atoms with E-state index in [1.807, 2.05) is 24.3 Å². The summed E-state index contributed by atoms with van der Waals surface area (Å²) in [5.74, 6) is 0.941. The average Bonchev–Trinajstić information content (AvgIpc) is 3.49. The van der Waals surface area contributed by atoms with Gasteiger partial charge in [0.15, 0.2) is 11.6 Å². The summed E-state index contributed by atoms with van der Waals surface area (Å²) >= 11 is 6.24. The molecule has 0 amide bonds. The van der Waals surface area contributed by atoms with Gasteiger partial charge in [-0.15, -0.1) is 0 Å². The van der Waals surface area contributed by atoms with Crippen LogP contribution in [0, 0.1) is 17.7 Å². The minimum Gasteiger partial charge on any atom is -0.489 e. The highest BCUT2D eigenvalue weighted by atomic mass is 35.5. The Labute approximate surface area is 206 Å². The number of likely N-dealkylation sites (tertiary alicyclic amines) is 1. The molecule has 0 bridgehead atoms.